The van der Waals surface area contributed by atoms with Crippen LogP contribution in [0.5, 0.6) is 0 Å². The summed E-state index contributed by atoms with van der Waals surface area (Å²) in [4.78, 5) is 17.9. The quantitative estimate of drug-likeness (QED) is 0.888. The summed E-state index contributed by atoms with van der Waals surface area (Å²) in [7, 11) is 0. The van der Waals surface area contributed by atoms with E-state index >= 15 is 0 Å². The first kappa shape index (κ1) is 12.9. The van der Waals surface area contributed by atoms with E-state index in [1.165, 1.54) is 6.20 Å². The van der Waals surface area contributed by atoms with Crippen molar-refractivity contribution in [3.63, 3.8) is 0 Å². The number of aromatic nitrogens is 1. The maximum absolute atomic E-state index is 11.3. The summed E-state index contributed by atoms with van der Waals surface area (Å²) in [6, 6.07) is 7.53. The summed E-state index contributed by atoms with van der Waals surface area (Å²) in [6.07, 6.45) is 2.52. The summed E-state index contributed by atoms with van der Waals surface area (Å²) in [5.74, 6) is 0.415. The Hall–Kier alpha value is -2.14. The van der Waals surface area contributed by atoms with E-state index in [4.69, 9.17) is 5.73 Å². The van der Waals surface area contributed by atoms with E-state index < -0.39 is 5.97 Å². The van der Waals surface area contributed by atoms with Crippen molar-refractivity contribution in [2.75, 3.05) is 24.5 Å². The molecule has 20 heavy (non-hydrogen) atoms. The van der Waals surface area contributed by atoms with Crippen molar-refractivity contribution in [1.82, 2.24) is 4.98 Å². The lowest BCUT2D eigenvalue weighted by molar-refractivity contribution is 0.0698. The van der Waals surface area contributed by atoms with Crippen LogP contribution in [0, 0.1) is 5.92 Å². The van der Waals surface area contributed by atoms with E-state index in [0.29, 0.717) is 12.5 Å². The molecule has 2 heterocycles. The van der Waals surface area contributed by atoms with Crippen molar-refractivity contribution in [3.8, 4) is 0 Å². The van der Waals surface area contributed by atoms with Gasteiger partial charge in [0.2, 0.25) is 0 Å². The molecule has 5 heteroatoms. The summed E-state index contributed by atoms with van der Waals surface area (Å²) in [5, 5.41) is 10.9. The molecule has 3 N–H and O–H groups in total. The van der Waals surface area contributed by atoms with Crippen LogP contribution in [-0.2, 0) is 0 Å². The van der Waals surface area contributed by atoms with Gasteiger partial charge in [0.15, 0.2) is 0 Å². The Morgan fingerprint density at radius 2 is 2.15 bits per heavy atom. The van der Waals surface area contributed by atoms with Gasteiger partial charge in [-0.25, -0.2) is 9.78 Å². The van der Waals surface area contributed by atoms with Crippen LogP contribution in [0.2, 0.25) is 0 Å². The molecule has 0 saturated carbocycles. The number of fused-ring (bicyclic) bond motifs is 1. The molecule has 3 rings (SSSR count). The summed E-state index contributed by atoms with van der Waals surface area (Å²) in [5.41, 5.74) is 5.97. The standard InChI is InChI=1S/C15H17N3O2/c16-7-10-5-6-18(9-10)14-12-4-2-1-3-11(12)13(8-17-14)15(19)20/h1-4,8,10H,5-7,9,16H2,(H,19,20). The Morgan fingerprint density at radius 1 is 1.40 bits per heavy atom. The van der Waals surface area contributed by atoms with Crippen LogP contribution in [0.25, 0.3) is 10.8 Å². The van der Waals surface area contributed by atoms with Crippen LogP contribution < -0.4 is 10.6 Å². The Kier molecular flexibility index (Phi) is 3.28. The fourth-order valence-electron chi connectivity index (χ4n) is 2.82. The first-order valence-corrected chi connectivity index (χ1v) is 6.76. The summed E-state index contributed by atoms with van der Waals surface area (Å²) < 4.78 is 0. The Morgan fingerprint density at radius 3 is 2.80 bits per heavy atom. The molecular formula is C15H17N3O2. The summed E-state index contributed by atoms with van der Waals surface area (Å²) in [6.45, 7) is 2.49. The predicted octanol–water partition coefficient (Wildman–Crippen LogP) is 1.72. The second kappa shape index (κ2) is 5.09. The van der Waals surface area contributed by atoms with Crippen LogP contribution >= 0.6 is 0 Å². The zero-order valence-electron chi connectivity index (χ0n) is 11.1. The maximum atomic E-state index is 11.3. The predicted molar refractivity (Wildman–Crippen MR) is 78.1 cm³/mol. The topological polar surface area (TPSA) is 79.5 Å². The van der Waals surface area contributed by atoms with Crippen molar-refractivity contribution < 1.29 is 9.90 Å². The molecule has 1 atom stereocenters. The Balaban J connectivity index is 2.09. The van der Waals surface area contributed by atoms with Crippen LogP contribution in [0.3, 0.4) is 0 Å². The molecule has 1 aromatic heterocycles. The number of benzene rings is 1. The number of hydrogen-bond donors (Lipinski definition) is 2. The van der Waals surface area contributed by atoms with Gasteiger partial charge in [-0.3, -0.25) is 0 Å². The van der Waals surface area contributed by atoms with Gasteiger partial charge < -0.3 is 15.7 Å². The Bertz CT molecular complexity index is 657. The molecule has 104 valence electrons. The first-order chi connectivity index (χ1) is 9.70. The lowest BCUT2D eigenvalue weighted by Crippen LogP contribution is -2.23. The third kappa shape index (κ3) is 2.10. The molecule has 1 aromatic carbocycles. The van der Waals surface area contributed by atoms with Gasteiger partial charge in [-0.15, -0.1) is 0 Å². The number of aromatic carboxylic acids is 1. The van der Waals surface area contributed by atoms with Gasteiger partial charge in [-0.05, 0) is 18.9 Å². The number of hydrogen-bond acceptors (Lipinski definition) is 4. The van der Waals surface area contributed by atoms with Crippen LogP contribution in [0.15, 0.2) is 30.5 Å². The normalized spacial score (nSPS) is 18.6. The van der Waals surface area contributed by atoms with E-state index in [9.17, 15) is 9.90 Å². The molecule has 2 aromatic rings. The van der Waals surface area contributed by atoms with Gasteiger partial charge in [0.05, 0.1) is 5.56 Å². The fraction of sp³-hybridized carbons (Fsp3) is 0.333. The zero-order valence-corrected chi connectivity index (χ0v) is 11.1. The van der Waals surface area contributed by atoms with Gasteiger partial charge in [-0.2, -0.15) is 0 Å². The van der Waals surface area contributed by atoms with Gasteiger partial charge >= 0.3 is 5.97 Å². The number of nitrogens with two attached hydrogens (primary N) is 1. The van der Waals surface area contributed by atoms with E-state index in [0.717, 1.165) is 36.1 Å². The van der Waals surface area contributed by atoms with Crippen molar-refractivity contribution in [3.05, 3.63) is 36.0 Å². The van der Waals surface area contributed by atoms with Crippen molar-refractivity contribution in [1.29, 1.82) is 0 Å². The lowest BCUT2D eigenvalue weighted by Gasteiger charge is -2.19. The molecule has 1 saturated heterocycles. The average Bonchev–Trinajstić information content (AvgIpc) is 2.94. The lowest BCUT2D eigenvalue weighted by atomic mass is 10.1. The van der Waals surface area contributed by atoms with Crippen molar-refractivity contribution in [2.24, 2.45) is 11.7 Å². The monoisotopic (exact) mass is 271 g/mol. The molecule has 1 aliphatic heterocycles. The molecule has 1 aliphatic rings. The van der Waals surface area contributed by atoms with Gasteiger partial charge in [-0.1, -0.05) is 24.3 Å². The molecule has 0 amide bonds. The average molecular weight is 271 g/mol. The van der Waals surface area contributed by atoms with Crippen LogP contribution in [0.4, 0.5) is 5.82 Å². The van der Waals surface area contributed by atoms with Gasteiger partial charge in [0.1, 0.15) is 5.82 Å². The molecular weight excluding hydrogens is 254 g/mol. The van der Waals surface area contributed by atoms with Crippen molar-refractivity contribution >= 4 is 22.6 Å². The van der Waals surface area contributed by atoms with Gasteiger partial charge in [0.25, 0.3) is 0 Å². The number of carboxylic acid groups (broad SMARTS) is 1. The van der Waals surface area contributed by atoms with Crippen LogP contribution in [0.1, 0.15) is 16.8 Å². The fourth-order valence-corrected chi connectivity index (χ4v) is 2.82. The highest BCUT2D eigenvalue weighted by Crippen LogP contribution is 2.30. The third-order valence-electron chi connectivity index (χ3n) is 3.92. The number of rotatable bonds is 3. The smallest absolute Gasteiger partial charge is 0.337 e. The van der Waals surface area contributed by atoms with E-state index in [2.05, 4.69) is 9.88 Å². The Labute approximate surface area is 117 Å². The minimum atomic E-state index is -0.943. The number of carboxylic acids is 1. The maximum Gasteiger partial charge on any atom is 0.337 e. The van der Waals surface area contributed by atoms with E-state index in [-0.39, 0.29) is 5.56 Å². The number of pyridine rings is 1. The zero-order chi connectivity index (χ0) is 14.1. The molecule has 5 nitrogen and oxygen atoms in total. The second-order valence-electron chi connectivity index (χ2n) is 5.18. The number of nitrogens with zero attached hydrogens (tertiary/aromatic N) is 2. The minimum Gasteiger partial charge on any atom is -0.478 e. The molecule has 0 bridgehead atoms. The molecule has 0 aliphatic carbocycles. The SMILES string of the molecule is NCC1CCN(c2ncc(C(=O)O)c3ccccc23)C1. The van der Waals surface area contributed by atoms with Crippen molar-refractivity contribution in [2.45, 2.75) is 6.42 Å². The second-order valence-corrected chi connectivity index (χ2v) is 5.18. The molecule has 1 unspecified atom stereocenters. The minimum absolute atomic E-state index is 0.249. The van der Waals surface area contributed by atoms with Gasteiger partial charge in [0, 0.05) is 30.1 Å². The number of carbonyl (C=O) groups is 1. The van der Waals surface area contributed by atoms with E-state index in [1.54, 1.807) is 0 Å². The largest absolute Gasteiger partial charge is 0.478 e. The highest BCUT2D eigenvalue weighted by molar-refractivity contribution is 6.06. The molecule has 0 spiro atoms. The molecule has 0 radical (unpaired) electrons. The highest BCUT2D eigenvalue weighted by Gasteiger charge is 2.24. The third-order valence-corrected chi connectivity index (χ3v) is 3.92. The summed E-state index contributed by atoms with van der Waals surface area (Å²) >= 11 is 0. The van der Waals surface area contributed by atoms with Crippen LogP contribution in [-0.4, -0.2) is 35.7 Å². The molecule has 1 fully saturated rings. The van der Waals surface area contributed by atoms with E-state index in [1.807, 2.05) is 24.3 Å². The highest BCUT2D eigenvalue weighted by atomic mass is 16.4. The first-order valence-electron chi connectivity index (χ1n) is 6.76. The number of anilines is 1.